The quantitative estimate of drug-likeness (QED) is 0.703. The zero-order valence-electron chi connectivity index (χ0n) is 17.6. The van der Waals surface area contributed by atoms with Crippen LogP contribution in [0.15, 0.2) is 24.3 Å². The van der Waals surface area contributed by atoms with E-state index >= 15 is 0 Å². The lowest BCUT2D eigenvalue weighted by Crippen LogP contribution is -2.42. The van der Waals surface area contributed by atoms with Crippen LogP contribution in [0.1, 0.15) is 63.4 Å². The van der Waals surface area contributed by atoms with E-state index in [-0.39, 0.29) is 30.3 Å². The van der Waals surface area contributed by atoms with Gasteiger partial charge >= 0.3 is 6.03 Å². The number of urea groups is 1. The van der Waals surface area contributed by atoms with Crippen molar-refractivity contribution in [3.8, 4) is 0 Å². The molecule has 2 N–H and O–H groups in total. The van der Waals surface area contributed by atoms with E-state index in [9.17, 15) is 14.4 Å². The van der Waals surface area contributed by atoms with Crippen LogP contribution in [0.2, 0.25) is 0 Å². The SMILES string of the molecule is O=C(C[C@@H]1NC(=O)N(C2CCCCC2)C1=O)Nc1ccccc1CN1CCCCC1. The predicted molar refractivity (Wildman–Crippen MR) is 115 cm³/mol. The lowest BCUT2D eigenvalue weighted by molar-refractivity contribution is -0.131. The Hall–Kier alpha value is -2.41. The van der Waals surface area contributed by atoms with E-state index in [0.717, 1.165) is 63.0 Å². The average molecular weight is 413 g/mol. The van der Waals surface area contributed by atoms with Gasteiger partial charge in [-0.3, -0.25) is 19.4 Å². The molecule has 3 fully saturated rings. The molecule has 2 aliphatic heterocycles. The first kappa shape index (κ1) is 20.8. The van der Waals surface area contributed by atoms with Crippen LogP contribution in [0, 0.1) is 0 Å². The van der Waals surface area contributed by atoms with Gasteiger partial charge in [-0.1, -0.05) is 43.9 Å². The van der Waals surface area contributed by atoms with Crippen LogP contribution in [0.4, 0.5) is 10.5 Å². The number of carbonyl (C=O) groups excluding carboxylic acids is 3. The molecule has 0 spiro atoms. The second-order valence-electron chi connectivity index (χ2n) is 8.75. The highest BCUT2D eigenvalue weighted by molar-refractivity contribution is 6.07. The summed E-state index contributed by atoms with van der Waals surface area (Å²) in [5.74, 6) is -0.506. The molecule has 2 heterocycles. The summed E-state index contributed by atoms with van der Waals surface area (Å²) in [4.78, 5) is 41.6. The van der Waals surface area contributed by atoms with Crippen molar-refractivity contribution in [2.24, 2.45) is 0 Å². The molecule has 1 aliphatic carbocycles. The molecule has 0 aromatic heterocycles. The molecule has 0 unspecified atom stereocenters. The summed E-state index contributed by atoms with van der Waals surface area (Å²) in [5.41, 5.74) is 1.87. The number of piperidine rings is 1. The number of hydrogen-bond donors (Lipinski definition) is 2. The van der Waals surface area contributed by atoms with Gasteiger partial charge in [-0.2, -0.15) is 0 Å². The number of likely N-dealkylation sites (tertiary alicyclic amines) is 1. The second kappa shape index (κ2) is 9.60. The van der Waals surface area contributed by atoms with Gasteiger partial charge in [0.2, 0.25) is 5.91 Å². The van der Waals surface area contributed by atoms with Crippen LogP contribution in [-0.2, 0) is 16.1 Å². The van der Waals surface area contributed by atoms with Crippen molar-refractivity contribution in [2.45, 2.75) is 76.4 Å². The number of hydrogen-bond acceptors (Lipinski definition) is 4. The summed E-state index contributed by atoms with van der Waals surface area (Å²) < 4.78 is 0. The number of rotatable bonds is 6. The average Bonchev–Trinajstić information content (AvgIpc) is 3.03. The van der Waals surface area contributed by atoms with Gasteiger partial charge < -0.3 is 10.6 Å². The Bertz CT molecular complexity index is 784. The first-order chi connectivity index (χ1) is 14.6. The van der Waals surface area contributed by atoms with E-state index in [1.807, 2.05) is 24.3 Å². The summed E-state index contributed by atoms with van der Waals surface area (Å²) in [6, 6.07) is 6.69. The molecule has 30 heavy (non-hydrogen) atoms. The zero-order valence-corrected chi connectivity index (χ0v) is 17.6. The molecular weight excluding hydrogens is 380 g/mol. The molecule has 1 saturated carbocycles. The van der Waals surface area contributed by atoms with Gasteiger partial charge in [-0.15, -0.1) is 0 Å². The van der Waals surface area contributed by atoms with E-state index < -0.39 is 6.04 Å². The minimum atomic E-state index is -0.770. The maximum Gasteiger partial charge on any atom is 0.325 e. The fourth-order valence-electron chi connectivity index (χ4n) is 4.90. The van der Waals surface area contributed by atoms with Gasteiger partial charge in [0.25, 0.3) is 5.91 Å². The molecule has 1 atom stereocenters. The molecule has 4 rings (SSSR count). The Kier molecular flexibility index (Phi) is 6.67. The lowest BCUT2D eigenvalue weighted by atomic mass is 9.94. The number of nitrogens with one attached hydrogen (secondary N) is 2. The topological polar surface area (TPSA) is 81.8 Å². The third-order valence-corrected chi connectivity index (χ3v) is 6.52. The molecule has 1 aromatic carbocycles. The summed E-state index contributed by atoms with van der Waals surface area (Å²) in [7, 11) is 0. The summed E-state index contributed by atoms with van der Waals surface area (Å²) in [6.07, 6.45) is 8.65. The maximum absolute atomic E-state index is 12.8. The first-order valence-electron chi connectivity index (χ1n) is 11.4. The molecule has 3 aliphatic rings. The zero-order chi connectivity index (χ0) is 20.9. The molecule has 0 bridgehead atoms. The largest absolute Gasteiger partial charge is 0.326 e. The molecule has 162 valence electrons. The Morgan fingerprint density at radius 1 is 1.00 bits per heavy atom. The van der Waals surface area contributed by atoms with Crippen LogP contribution in [0.25, 0.3) is 0 Å². The number of carbonyl (C=O) groups is 3. The van der Waals surface area contributed by atoms with Crippen molar-refractivity contribution in [1.82, 2.24) is 15.1 Å². The fourth-order valence-corrected chi connectivity index (χ4v) is 4.90. The maximum atomic E-state index is 12.8. The first-order valence-corrected chi connectivity index (χ1v) is 11.4. The van der Waals surface area contributed by atoms with Crippen molar-refractivity contribution >= 4 is 23.5 Å². The van der Waals surface area contributed by atoms with Gasteiger partial charge in [0.15, 0.2) is 0 Å². The number of benzene rings is 1. The van der Waals surface area contributed by atoms with Crippen LogP contribution in [0.5, 0.6) is 0 Å². The Labute approximate surface area is 178 Å². The van der Waals surface area contributed by atoms with Gasteiger partial charge in [0.1, 0.15) is 6.04 Å². The van der Waals surface area contributed by atoms with Crippen molar-refractivity contribution < 1.29 is 14.4 Å². The summed E-state index contributed by atoms with van der Waals surface area (Å²) >= 11 is 0. The summed E-state index contributed by atoms with van der Waals surface area (Å²) in [5, 5.41) is 5.69. The Morgan fingerprint density at radius 3 is 2.47 bits per heavy atom. The van der Waals surface area contributed by atoms with Crippen molar-refractivity contribution in [2.75, 3.05) is 18.4 Å². The van der Waals surface area contributed by atoms with Crippen molar-refractivity contribution in [1.29, 1.82) is 0 Å². The molecule has 7 heteroatoms. The highest BCUT2D eigenvalue weighted by atomic mass is 16.2. The van der Waals surface area contributed by atoms with Gasteiger partial charge in [-0.25, -0.2) is 4.79 Å². The molecule has 1 aromatic rings. The predicted octanol–water partition coefficient (Wildman–Crippen LogP) is 3.25. The van der Waals surface area contributed by atoms with Crippen LogP contribution < -0.4 is 10.6 Å². The normalized spacial score (nSPS) is 23.5. The minimum Gasteiger partial charge on any atom is -0.326 e. The van der Waals surface area contributed by atoms with E-state index in [4.69, 9.17) is 0 Å². The number of imide groups is 1. The van der Waals surface area contributed by atoms with Crippen LogP contribution >= 0.6 is 0 Å². The van der Waals surface area contributed by atoms with E-state index in [0.29, 0.717) is 0 Å². The molecule has 7 nitrogen and oxygen atoms in total. The monoisotopic (exact) mass is 412 g/mol. The number of para-hydroxylation sites is 1. The fraction of sp³-hybridized carbons (Fsp3) is 0.609. The molecule has 0 radical (unpaired) electrons. The summed E-state index contributed by atoms with van der Waals surface area (Å²) in [6.45, 7) is 2.98. The van der Waals surface area contributed by atoms with Crippen molar-refractivity contribution in [3.63, 3.8) is 0 Å². The number of anilines is 1. The minimum absolute atomic E-state index is 0.0235. The third-order valence-electron chi connectivity index (χ3n) is 6.52. The second-order valence-corrected chi connectivity index (χ2v) is 8.75. The smallest absolute Gasteiger partial charge is 0.325 e. The van der Waals surface area contributed by atoms with Crippen LogP contribution in [-0.4, -0.2) is 52.8 Å². The van der Waals surface area contributed by atoms with Gasteiger partial charge in [-0.05, 0) is 50.4 Å². The van der Waals surface area contributed by atoms with Gasteiger partial charge in [0.05, 0.1) is 6.42 Å². The van der Waals surface area contributed by atoms with E-state index in [1.165, 1.54) is 24.2 Å². The third kappa shape index (κ3) is 4.83. The molecule has 4 amide bonds. The Morgan fingerprint density at radius 2 is 1.70 bits per heavy atom. The standard InChI is InChI=1S/C23H32N4O3/c28-21(15-20-22(29)27(23(30)25-20)18-10-3-1-4-11-18)24-19-12-6-5-9-17(19)16-26-13-7-2-8-14-26/h5-6,9,12,18,20H,1-4,7-8,10-11,13-16H2,(H,24,28)(H,25,30)/t20-/m0/s1. The number of nitrogens with zero attached hydrogens (tertiary/aromatic N) is 2. The number of amides is 4. The van der Waals surface area contributed by atoms with Gasteiger partial charge in [0, 0.05) is 18.3 Å². The van der Waals surface area contributed by atoms with Crippen LogP contribution in [0.3, 0.4) is 0 Å². The highest BCUT2D eigenvalue weighted by Crippen LogP contribution is 2.26. The van der Waals surface area contributed by atoms with E-state index in [1.54, 1.807) is 0 Å². The lowest BCUT2D eigenvalue weighted by Gasteiger charge is -2.28. The van der Waals surface area contributed by atoms with E-state index in [2.05, 4.69) is 15.5 Å². The van der Waals surface area contributed by atoms with Crippen molar-refractivity contribution in [3.05, 3.63) is 29.8 Å². The molecular formula is C23H32N4O3. The molecule has 2 saturated heterocycles. The Balaban J connectivity index is 1.36. The highest BCUT2D eigenvalue weighted by Gasteiger charge is 2.42.